The predicted molar refractivity (Wildman–Crippen MR) is 84.3 cm³/mol. The maximum Gasteiger partial charge on any atom is 0.132 e. The first-order valence-electron chi connectivity index (χ1n) is 7.37. The van der Waals surface area contributed by atoms with Gasteiger partial charge in [-0.2, -0.15) is 0 Å². The van der Waals surface area contributed by atoms with Crippen molar-refractivity contribution in [3.63, 3.8) is 0 Å². The summed E-state index contributed by atoms with van der Waals surface area (Å²) in [7, 11) is 0. The van der Waals surface area contributed by atoms with E-state index in [4.69, 9.17) is 4.74 Å². The molecule has 0 radical (unpaired) electrons. The Morgan fingerprint density at radius 1 is 1.10 bits per heavy atom. The minimum atomic E-state index is -0.246. The predicted octanol–water partition coefficient (Wildman–Crippen LogP) is 4.68. The first kappa shape index (κ1) is 15.5. The van der Waals surface area contributed by atoms with E-state index in [9.17, 15) is 4.39 Å². The second-order valence-corrected chi connectivity index (χ2v) is 5.39. The van der Waals surface area contributed by atoms with Gasteiger partial charge in [0.05, 0.1) is 0 Å². The topological polar surface area (TPSA) is 21.3 Å². The van der Waals surface area contributed by atoms with Crippen molar-refractivity contribution in [2.24, 2.45) is 0 Å². The van der Waals surface area contributed by atoms with Crippen molar-refractivity contribution in [2.75, 3.05) is 0 Å². The summed E-state index contributed by atoms with van der Waals surface area (Å²) in [5.74, 6) is 1.21. The van der Waals surface area contributed by atoms with E-state index in [1.165, 1.54) is 17.7 Å². The molecule has 2 aromatic rings. The number of benzene rings is 2. The van der Waals surface area contributed by atoms with Crippen LogP contribution in [0.4, 0.5) is 4.39 Å². The normalized spacial score (nSPS) is 10.9. The lowest BCUT2D eigenvalue weighted by molar-refractivity contribution is 0.466. The van der Waals surface area contributed by atoms with Crippen LogP contribution in [-0.4, -0.2) is 6.04 Å². The Bertz CT molecular complexity index is 578. The molecule has 2 rings (SSSR count). The number of rotatable bonds is 6. The van der Waals surface area contributed by atoms with Gasteiger partial charge in [0.25, 0.3) is 0 Å². The van der Waals surface area contributed by atoms with Crippen LogP contribution in [0.2, 0.25) is 0 Å². The molecule has 21 heavy (non-hydrogen) atoms. The zero-order valence-electron chi connectivity index (χ0n) is 12.8. The van der Waals surface area contributed by atoms with E-state index in [2.05, 4.69) is 26.1 Å². The lowest BCUT2D eigenvalue weighted by Crippen LogP contribution is -2.22. The smallest absolute Gasteiger partial charge is 0.132 e. The van der Waals surface area contributed by atoms with Crippen LogP contribution >= 0.6 is 0 Å². The first-order valence-corrected chi connectivity index (χ1v) is 7.37. The Hall–Kier alpha value is -1.87. The van der Waals surface area contributed by atoms with Crippen LogP contribution in [0.25, 0.3) is 0 Å². The van der Waals surface area contributed by atoms with Crippen molar-refractivity contribution in [3.05, 3.63) is 59.4 Å². The Morgan fingerprint density at radius 3 is 2.43 bits per heavy atom. The average Bonchev–Trinajstić information content (AvgIpc) is 2.48. The van der Waals surface area contributed by atoms with Crippen molar-refractivity contribution in [1.29, 1.82) is 0 Å². The van der Waals surface area contributed by atoms with Crippen LogP contribution < -0.4 is 10.1 Å². The summed E-state index contributed by atoms with van der Waals surface area (Å²) in [6.45, 7) is 6.82. The zero-order chi connectivity index (χ0) is 15.2. The second kappa shape index (κ2) is 7.23. The quantitative estimate of drug-likeness (QED) is 0.833. The molecule has 112 valence electrons. The number of aryl methyl sites for hydroxylation is 1. The largest absolute Gasteiger partial charge is 0.457 e. The minimum Gasteiger partial charge on any atom is -0.457 e. The van der Waals surface area contributed by atoms with Gasteiger partial charge < -0.3 is 10.1 Å². The lowest BCUT2D eigenvalue weighted by Gasteiger charge is -2.14. The van der Waals surface area contributed by atoms with Crippen molar-refractivity contribution in [2.45, 2.75) is 39.8 Å². The molecule has 0 aliphatic rings. The molecule has 2 nitrogen and oxygen atoms in total. The Kier molecular flexibility index (Phi) is 5.34. The highest BCUT2D eigenvalue weighted by Crippen LogP contribution is 2.26. The second-order valence-electron chi connectivity index (χ2n) is 5.39. The van der Waals surface area contributed by atoms with Gasteiger partial charge in [-0.05, 0) is 42.3 Å². The van der Waals surface area contributed by atoms with Gasteiger partial charge in [-0.3, -0.25) is 0 Å². The zero-order valence-corrected chi connectivity index (χ0v) is 12.8. The molecule has 3 heteroatoms. The molecule has 0 fully saturated rings. The summed E-state index contributed by atoms with van der Waals surface area (Å²) in [6, 6.07) is 12.9. The van der Waals surface area contributed by atoms with Gasteiger partial charge in [-0.25, -0.2) is 4.39 Å². The molecule has 0 aliphatic heterocycles. The standard InChI is InChI=1S/C18H22FNO/c1-4-14-5-8-17(9-6-14)21-18-10-7-16(19)11-15(18)12-20-13(2)3/h5-11,13,20H,4,12H2,1-3H3. The fourth-order valence-electron chi connectivity index (χ4n) is 2.02. The molecule has 0 aliphatic carbocycles. The van der Waals surface area contributed by atoms with E-state index < -0.39 is 0 Å². The molecule has 0 unspecified atom stereocenters. The van der Waals surface area contributed by atoms with Crippen molar-refractivity contribution < 1.29 is 9.13 Å². The highest BCUT2D eigenvalue weighted by atomic mass is 19.1. The molecule has 0 amide bonds. The number of nitrogens with one attached hydrogen (secondary N) is 1. The van der Waals surface area contributed by atoms with E-state index in [1.807, 2.05) is 24.3 Å². The van der Waals surface area contributed by atoms with Gasteiger partial charge >= 0.3 is 0 Å². The van der Waals surface area contributed by atoms with Gasteiger partial charge in [-0.15, -0.1) is 0 Å². The first-order chi connectivity index (χ1) is 10.1. The fourth-order valence-corrected chi connectivity index (χ4v) is 2.02. The third kappa shape index (κ3) is 4.57. The highest BCUT2D eigenvalue weighted by Gasteiger charge is 2.07. The minimum absolute atomic E-state index is 0.246. The molecule has 0 spiro atoms. The van der Waals surface area contributed by atoms with E-state index in [1.54, 1.807) is 6.07 Å². The summed E-state index contributed by atoms with van der Waals surface area (Å²) in [4.78, 5) is 0. The van der Waals surface area contributed by atoms with E-state index in [-0.39, 0.29) is 5.82 Å². The molecule has 0 saturated heterocycles. The summed E-state index contributed by atoms with van der Waals surface area (Å²) >= 11 is 0. The van der Waals surface area contributed by atoms with Crippen LogP contribution in [0.5, 0.6) is 11.5 Å². The van der Waals surface area contributed by atoms with E-state index in [0.29, 0.717) is 18.3 Å². The van der Waals surface area contributed by atoms with Crippen molar-refractivity contribution in [3.8, 4) is 11.5 Å². The molecule has 0 saturated carbocycles. The van der Waals surface area contributed by atoms with Gasteiger partial charge in [0, 0.05) is 18.2 Å². The molecule has 2 aromatic carbocycles. The molecule has 0 aromatic heterocycles. The van der Waals surface area contributed by atoms with E-state index >= 15 is 0 Å². The van der Waals surface area contributed by atoms with Crippen LogP contribution in [0, 0.1) is 5.82 Å². The van der Waals surface area contributed by atoms with Crippen LogP contribution in [0.1, 0.15) is 31.9 Å². The molecule has 1 N–H and O–H groups in total. The molecule has 0 heterocycles. The maximum atomic E-state index is 13.4. The number of ether oxygens (including phenoxy) is 1. The van der Waals surface area contributed by atoms with Crippen LogP contribution in [-0.2, 0) is 13.0 Å². The van der Waals surface area contributed by atoms with E-state index in [0.717, 1.165) is 17.7 Å². The summed E-state index contributed by atoms with van der Waals surface area (Å²) in [5.41, 5.74) is 2.09. The Balaban J connectivity index is 2.17. The van der Waals surface area contributed by atoms with Crippen LogP contribution in [0.3, 0.4) is 0 Å². The maximum absolute atomic E-state index is 13.4. The summed E-state index contributed by atoms with van der Waals surface area (Å²) in [5, 5.41) is 3.29. The van der Waals surface area contributed by atoms with Gasteiger partial charge in [-0.1, -0.05) is 32.9 Å². The lowest BCUT2D eigenvalue weighted by atomic mass is 10.1. The molecule has 0 bridgehead atoms. The number of halogens is 1. The van der Waals surface area contributed by atoms with Crippen molar-refractivity contribution >= 4 is 0 Å². The van der Waals surface area contributed by atoms with Gasteiger partial charge in [0.2, 0.25) is 0 Å². The Morgan fingerprint density at radius 2 is 1.81 bits per heavy atom. The van der Waals surface area contributed by atoms with Crippen molar-refractivity contribution in [1.82, 2.24) is 5.32 Å². The fraction of sp³-hybridized carbons (Fsp3) is 0.333. The third-order valence-corrected chi connectivity index (χ3v) is 3.28. The summed E-state index contributed by atoms with van der Waals surface area (Å²) in [6.07, 6.45) is 1.00. The average molecular weight is 287 g/mol. The summed E-state index contributed by atoms with van der Waals surface area (Å²) < 4.78 is 19.3. The highest BCUT2D eigenvalue weighted by molar-refractivity contribution is 5.39. The SMILES string of the molecule is CCc1ccc(Oc2ccc(F)cc2CNC(C)C)cc1. The Labute approximate surface area is 126 Å². The monoisotopic (exact) mass is 287 g/mol. The molecular formula is C18H22FNO. The van der Waals surface area contributed by atoms with Crippen LogP contribution in [0.15, 0.2) is 42.5 Å². The number of hydrogen-bond acceptors (Lipinski definition) is 2. The molecular weight excluding hydrogens is 265 g/mol. The third-order valence-electron chi connectivity index (χ3n) is 3.28. The number of hydrogen-bond donors (Lipinski definition) is 1. The molecule has 0 atom stereocenters. The van der Waals surface area contributed by atoms with Gasteiger partial charge in [0.1, 0.15) is 17.3 Å². The van der Waals surface area contributed by atoms with Gasteiger partial charge in [0.15, 0.2) is 0 Å².